The first-order chi connectivity index (χ1) is 7.29. The lowest BCUT2D eigenvalue weighted by Gasteiger charge is -2.16. The molecule has 2 fully saturated rings. The Balaban J connectivity index is 1.74. The monoisotopic (exact) mass is 211 g/mol. The third-order valence-electron chi connectivity index (χ3n) is 3.71. The van der Waals surface area contributed by atoms with Gasteiger partial charge in [0.25, 0.3) is 0 Å². The van der Waals surface area contributed by atoms with Crippen LogP contribution in [-0.4, -0.2) is 43.5 Å². The van der Waals surface area contributed by atoms with Gasteiger partial charge in [-0.2, -0.15) is 0 Å². The molecule has 2 rings (SSSR count). The SMILES string of the molecule is CCC1CCN(CC(=O)C2CCOC2)C1. The Hall–Kier alpha value is -0.410. The summed E-state index contributed by atoms with van der Waals surface area (Å²) in [5.41, 5.74) is 0. The lowest BCUT2D eigenvalue weighted by atomic mass is 10.0. The molecule has 86 valence electrons. The Bertz CT molecular complexity index is 224. The molecule has 2 aliphatic rings. The van der Waals surface area contributed by atoms with Crippen molar-refractivity contribution in [1.29, 1.82) is 0 Å². The number of ketones is 1. The molecule has 0 aromatic carbocycles. The van der Waals surface area contributed by atoms with Gasteiger partial charge in [0.05, 0.1) is 13.2 Å². The molecule has 3 heteroatoms. The van der Waals surface area contributed by atoms with E-state index in [4.69, 9.17) is 4.74 Å². The molecule has 2 atom stereocenters. The number of nitrogens with zero attached hydrogens (tertiary/aromatic N) is 1. The zero-order valence-corrected chi connectivity index (χ0v) is 9.58. The first-order valence-corrected chi connectivity index (χ1v) is 6.12. The minimum Gasteiger partial charge on any atom is -0.381 e. The van der Waals surface area contributed by atoms with Crippen LogP contribution in [0.4, 0.5) is 0 Å². The van der Waals surface area contributed by atoms with Gasteiger partial charge < -0.3 is 4.74 Å². The van der Waals surface area contributed by atoms with E-state index in [-0.39, 0.29) is 5.92 Å². The standard InChI is InChI=1S/C12H21NO2/c1-2-10-3-5-13(7-10)8-12(14)11-4-6-15-9-11/h10-11H,2-9H2,1H3. The van der Waals surface area contributed by atoms with Crippen LogP contribution in [0.25, 0.3) is 0 Å². The second kappa shape index (κ2) is 5.08. The quantitative estimate of drug-likeness (QED) is 0.702. The van der Waals surface area contributed by atoms with E-state index in [0.29, 0.717) is 18.9 Å². The number of carbonyl (C=O) groups is 1. The van der Waals surface area contributed by atoms with E-state index in [0.717, 1.165) is 32.0 Å². The average Bonchev–Trinajstić information content (AvgIpc) is 2.87. The molecule has 2 heterocycles. The number of ether oxygens (including phenoxy) is 1. The molecule has 0 aliphatic carbocycles. The van der Waals surface area contributed by atoms with E-state index in [1.54, 1.807) is 0 Å². The Morgan fingerprint density at radius 3 is 2.93 bits per heavy atom. The molecule has 0 aromatic rings. The Labute approximate surface area is 91.8 Å². The maximum absolute atomic E-state index is 11.9. The van der Waals surface area contributed by atoms with E-state index < -0.39 is 0 Å². The molecule has 0 N–H and O–H groups in total. The van der Waals surface area contributed by atoms with Crippen LogP contribution < -0.4 is 0 Å². The Morgan fingerprint density at radius 1 is 1.47 bits per heavy atom. The maximum Gasteiger partial charge on any atom is 0.152 e. The number of likely N-dealkylation sites (tertiary alicyclic amines) is 1. The fourth-order valence-corrected chi connectivity index (χ4v) is 2.53. The predicted octanol–water partition coefficient (Wildman–Crippen LogP) is 1.32. The average molecular weight is 211 g/mol. The minimum atomic E-state index is 0.186. The molecule has 15 heavy (non-hydrogen) atoms. The second-order valence-electron chi connectivity index (χ2n) is 4.82. The lowest BCUT2D eigenvalue weighted by molar-refractivity contribution is -0.123. The van der Waals surface area contributed by atoms with Crippen LogP contribution in [0, 0.1) is 11.8 Å². The van der Waals surface area contributed by atoms with Crippen molar-refractivity contribution in [3.63, 3.8) is 0 Å². The molecule has 0 bridgehead atoms. The van der Waals surface area contributed by atoms with E-state index in [1.165, 1.54) is 12.8 Å². The lowest BCUT2D eigenvalue weighted by Crippen LogP contribution is -2.32. The van der Waals surface area contributed by atoms with Gasteiger partial charge in [0.1, 0.15) is 0 Å². The van der Waals surface area contributed by atoms with Crippen LogP contribution >= 0.6 is 0 Å². The van der Waals surface area contributed by atoms with Gasteiger partial charge in [-0.15, -0.1) is 0 Å². The van der Waals surface area contributed by atoms with Gasteiger partial charge in [-0.25, -0.2) is 0 Å². The van der Waals surface area contributed by atoms with Gasteiger partial charge in [0.2, 0.25) is 0 Å². The van der Waals surface area contributed by atoms with Gasteiger partial charge in [0, 0.05) is 19.1 Å². The van der Waals surface area contributed by atoms with Crippen molar-refractivity contribution in [2.75, 3.05) is 32.8 Å². The second-order valence-corrected chi connectivity index (χ2v) is 4.82. The van der Waals surface area contributed by atoms with Crippen LogP contribution in [0.15, 0.2) is 0 Å². The third kappa shape index (κ3) is 2.79. The largest absolute Gasteiger partial charge is 0.381 e. The van der Waals surface area contributed by atoms with Crippen LogP contribution in [0.1, 0.15) is 26.2 Å². The van der Waals surface area contributed by atoms with Crippen molar-refractivity contribution >= 4 is 5.78 Å². The minimum absolute atomic E-state index is 0.186. The van der Waals surface area contributed by atoms with Crippen molar-refractivity contribution < 1.29 is 9.53 Å². The van der Waals surface area contributed by atoms with Gasteiger partial charge in [-0.3, -0.25) is 9.69 Å². The van der Waals surface area contributed by atoms with E-state index >= 15 is 0 Å². The predicted molar refractivity (Wildman–Crippen MR) is 58.8 cm³/mol. The van der Waals surface area contributed by atoms with Crippen LogP contribution in [-0.2, 0) is 9.53 Å². The van der Waals surface area contributed by atoms with Crippen molar-refractivity contribution in [1.82, 2.24) is 4.90 Å². The summed E-state index contributed by atoms with van der Waals surface area (Å²) in [4.78, 5) is 14.2. The number of hydrogen-bond donors (Lipinski definition) is 0. The summed E-state index contributed by atoms with van der Waals surface area (Å²) < 4.78 is 5.25. The Kier molecular flexibility index (Phi) is 3.76. The molecule has 0 amide bonds. The maximum atomic E-state index is 11.9. The zero-order chi connectivity index (χ0) is 10.7. The summed E-state index contributed by atoms with van der Waals surface area (Å²) in [6, 6.07) is 0. The summed E-state index contributed by atoms with van der Waals surface area (Å²) in [6.07, 6.45) is 3.45. The first-order valence-electron chi connectivity index (χ1n) is 6.12. The normalized spacial score (nSPS) is 32.3. The van der Waals surface area contributed by atoms with Crippen LogP contribution in [0.2, 0.25) is 0 Å². The van der Waals surface area contributed by atoms with Gasteiger partial charge in [-0.05, 0) is 25.3 Å². The van der Waals surface area contributed by atoms with Gasteiger partial charge >= 0.3 is 0 Å². The molecule has 2 aliphatic heterocycles. The molecule has 2 unspecified atom stereocenters. The fourth-order valence-electron chi connectivity index (χ4n) is 2.53. The zero-order valence-electron chi connectivity index (χ0n) is 9.58. The number of hydrogen-bond acceptors (Lipinski definition) is 3. The molecule has 3 nitrogen and oxygen atoms in total. The van der Waals surface area contributed by atoms with Gasteiger partial charge in [0.15, 0.2) is 5.78 Å². The molecule has 0 spiro atoms. The van der Waals surface area contributed by atoms with E-state index in [9.17, 15) is 4.79 Å². The van der Waals surface area contributed by atoms with Crippen molar-refractivity contribution in [3.05, 3.63) is 0 Å². The smallest absolute Gasteiger partial charge is 0.152 e. The number of Topliss-reactive ketones (excluding diaryl/α,β-unsaturated/α-hetero) is 1. The molecule has 0 aromatic heterocycles. The van der Waals surface area contributed by atoms with Crippen molar-refractivity contribution in [2.45, 2.75) is 26.2 Å². The summed E-state index contributed by atoms with van der Waals surface area (Å²) >= 11 is 0. The van der Waals surface area contributed by atoms with Gasteiger partial charge in [-0.1, -0.05) is 13.3 Å². The van der Waals surface area contributed by atoms with Crippen molar-refractivity contribution in [3.8, 4) is 0 Å². The summed E-state index contributed by atoms with van der Waals surface area (Å²) in [7, 11) is 0. The van der Waals surface area contributed by atoms with Crippen LogP contribution in [0.3, 0.4) is 0 Å². The first kappa shape index (κ1) is 11.1. The summed E-state index contributed by atoms with van der Waals surface area (Å²) in [5, 5.41) is 0. The fraction of sp³-hybridized carbons (Fsp3) is 0.917. The molecular formula is C12H21NO2. The molecular weight excluding hydrogens is 190 g/mol. The molecule has 0 radical (unpaired) electrons. The number of rotatable bonds is 4. The van der Waals surface area contributed by atoms with E-state index in [2.05, 4.69) is 11.8 Å². The Morgan fingerprint density at radius 2 is 2.33 bits per heavy atom. The highest BCUT2D eigenvalue weighted by Crippen LogP contribution is 2.20. The number of carbonyl (C=O) groups excluding carboxylic acids is 1. The topological polar surface area (TPSA) is 29.5 Å². The van der Waals surface area contributed by atoms with Crippen molar-refractivity contribution in [2.24, 2.45) is 11.8 Å². The highest BCUT2D eigenvalue weighted by Gasteiger charge is 2.28. The highest BCUT2D eigenvalue weighted by atomic mass is 16.5. The summed E-state index contributed by atoms with van der Waals surface area (Å²) in [5.74, 6) is 1.40. The molecule has 0 saturated carbocycles. The summed E-state index contributed by atoms with van der Waals surface area (Å²) in [6.45, 7) is 6.55. The molecule has 2 saturated heterocycles. The third-order valence-corrected chi connectivity index (χ3v) is 3.71. The van der Waals surface area contributed by atoms with Crippen LogP contribution in [0.5, 0.6) is 0 Å². The highest BCUT2D eigenvalue weighted by molar-refractivity contribution is 5.83. The van der Waals surface area contributed by atoms with E-state index in [1.807, 2.05) is 0 Å².